The van der Waals surface area contributed by atoms with Crippen LogP contribution in [0.5, 0.6) is 0 Å². The van der Waals surface area contributed by atoms with E-state index in [9.17, 15) is 4.79 Å². The van der Waals surface area contributed by atoms with Gasteiger partial charge >= 0.3 is 5.97 Å². The number of fused-ring (bicyclic) bond motifs is 5. The minimum atomic E-state index is -0.161. The van der Waals surface area contributed by atoms with Crippen molar-refractivity contribution in [1.82, 2.24) is 9.88 Å². The van der Waals surface area contributed by atoms with Gasteiger partial charge in [0, 0.05) is 30.1 Å². The van der Waals surface area contributed by atoms with E-state index in [1.165, 1.54) is 41.9 Å². The predicted octanol–water partition coefficient (Wildman–Crippen LogP) is 4.07. The standard InChI is InChI=1S/C21H28N2O2/c1-3-15(13-25-14(2)24)16-8-10-23-11-9-18-17-6-4-5-7-19(17)22-21(18)20(23)12-16/h4-7,15-16,20,22H,3,8-13H2,1-2H3/t15?,16-,20+/m0/s1. The third-order valence-corrected chi connectivity index (χ3v) is 6.27. The number of hydrogen-bond acceptors (Lipinski definition) is 3. The maximum atomic E-state index is 11.2. The molecule has 3 atom stereocenters. The largest absolute Gasteiger partial charge is 0.466 e. The van der Waals surface area contributed by atoms with Crippen LogP contribution in [0.1, 0.15) is 50.4 Å². The van der Waals surface area contributed by atoms with Gasteiger partial charge in [0.1, 0.15) is 0 Å². The van der Waals surface area contributed by atoms with Crippen LogP contribution in [-0.4, -0.2) is 35.5 Å². The van der Waals surface area contributed by atoms with Gasteiger partial charge in [-0.25, -0.2) is 0 Å². The number of nitrogens with zero attached hydrogens (tertiary/aromatic N) is 1. The van der Waals surface area contributed by atoms with E-state index in [-0.39, 0.29) is 5.97 Å². The smallest absolute Gasteiger partial charge is 0.302 e. The van der Waals surface area contributed by atoms with Crippen LogP contribution in [0.4, 0.5) is 0 Å². The summed E-state index contributed by atoms with van der Waals surface area (Å²) in [4.78, 5) is 17.6. The average molecular weight is 340 g/mol. The number of carbonyl (C=O) groups is 1. The molecule has 0 spiro atoms. The van der Waals surface area contributed by atoms with E-state index in [1.54, 1.807) is 0 Å². The molecule has 4 heteroatoms. The van der Waals surface area contributed by atoms with E-state index in [0.29, 0.717) is 24.5 Å². The van der Waals surface area contributed by atoms with Gasteiger partial charge in [-0.3, -0.25) is 9.69 Å². The van der Waals surface area contributed by atoms with Gasteiger partial charge in [0.2, 0.25) is 0 Å². The molecule has 0 radical (unpaired) electrons. The van der Waals surface area contributed by atoms with Gasteiger partial charge in [0.15, 0.2) is 0 Å². The molecule has 1 unspecified atom stereocenters. The lowest BCUT2D eigenvalue weighted by Crippen LogP contribution is -2.43. The van der Waals surface area contributed by atoms with Crippen molar-refractivity contribution in [3.63, 3.8) is 0 Å². The molecule has 4 nitrogen and oxygen atoms in total. The number of ether oxygens (including phenoxy) is 1. The Hall–Kier alpha value is -1.81. The lowest BCUT2D eigenvalue weighted by atomic mass is 9.77. The highest BCUT2D eigenvalue weighted by Crippen LogP contribution is 2.43. The maximum Gasteiger partial charge on any atom is 0.302 e. The normalized spacial score (nSPS) is 24.6. The topological polar surface area (TPSA) is 45.3 Å². The molecule has 134 valence electrons. The Bertz CT molecular complexity index is 766. The summed E-state index contributed by atoms with van der Waals surface area (Å²) in [5.74, 6) is 0.940. The van der Waals surface area contributed by atoms with Crippen molar-refractivity contribution in [3.8, 4) is 0 Å². The van der Waals surface area contributed by atoms with Crippen molar-refractivity contribution in [2.75, 3.05) is 19.7 Å². The molecule has 0 saturated carbocycles. The van der Waals surface area contributed by atoms with Crippen molar-refractivity contribution in [2.45, 2.75) is 45.6 Å². The molecule has 4 rings (SSSR count). The first-order chi connectivity index (χ1) is 12.2. The Morgan fingerprint density at radius 1 is 1.36 bits per heavy atom. The molecule has 1 aromatic carbocycles. The van der Waals surface area contributed by atoms with E-state index in [1.807, 2.05) is 0 Å². The molecule has 3 heterocycles. The van der Waals surface area contributed by atoms with Crippen LogP contribution in [0, 0.1) is 11.8 Å². The fourth-order valence-corrected chi connectivity index (χ4v) is 4.88. The summed E-state index contributed by atoms with van der Waals surface area (Å²) >= 11 is 0. The van der Waals surface area contributed by atoms with Crippen molar-refractivity contribution >= 4 is 16.9 Å². The number of para-hydroxylation sites is 1. The zero-order valence-electron chi connectivity index (χ0n) is 15.3. The first kappa shape index (κ1) is 16.6. The second-order valence-corrected chi connectivity index (χ2v) is 7.62. The SMILES string of the molecule is CCC(COC(C)=O)[C@H]1CCN2CCc3c([nH]c4ccccc34)[C@H]2C1. The van der Waals surface area contributed by atoms with E-state index in [2.05, 4.69) is 41.1 Å². The Balaban J connectivity index is 1.58. The van der Waals surface area contributed by atoms with Crippen LogP contribution < -0.4 is 0 Å². The summed E-state index contributed by atoms with van der Waals surface area (Å²) in [6.07, 6.45) is 4.60. The molecule has 0 amide bonds. The summed E-state index contributed by atoms with van der Waals surface area (Å²) in [5.41, 5.74) is 4.22. The van der Waals surface area contributed by atoms with Gasteiger partial charge in [-0.15, -0.1) is 0 Å². The van der Waals surface area contributed by atoms with Crippen LogP contribution in [0.15, 0.2) is 24.3 Å². The van der Waals surface area contributed by atoms with Crippen molar-refractivity contribution < 1.29 is 9.53 Å². The highest BCUT2D eigenvalue weighted by Gasteiger charge is 2.37. The molecule has 0 aliphatic carbocycles. The third kappa shape index (κ3) is 3.08. The van der Waals surface area contributed by atoms with Gasteiger partial charge in [0.25, 0.3) is 0 Å². The van der Waals surface area contributed by atoms with Gasteiger partial charge in [-0.05, 0) is 55.7 Å². The van der Waals surface area contributed by atoms with Gasteiger partial charge < -0.3 is 9.72 Å². The number of esters is 1. The number of aromatic nitrogens is 1. The number of H-pyrrole nitrogens is 1. The molecule has 2 aliphatic heterocycles. The highest BCUT2D eigenvalue weighted by molar-refractivity contribution is 5.85. The summed E-state index contributed by atoms with van der Waals surface area (Å²) in [7, 11) is 0. The number of carbonyl (C=O) groups excluding carboxylic acids is 1. The molecular formula is C21H28N2O2. The fraction of sp³-hybridized carbons (Fsp3) is 0.571. The summed E-state index contributed by atoms with van der Waals surface area (Å²) in [6, 6.07) is 9.17. The molecule has 2 aromatic rings. The van der Waals surface area contributed by atoms with E-state index >= 15 is 0 Å². The average Bonchev–Trinajstić information content (AvgIpc) is 3.01. The van der Waals surface area contributed by atoms with Gasteiger partial charge in [-0.2, -0.15) is 0 Å². The summed E-state index contributed by atoms with van der Waals surface area (Å²) in [6.45, 7) is 6.61. The Kier molecular flexibility index (Phi) is 4.55. The molecule has 1 saturated heterocycles. The van der Waals surface area contributed by atoms with Crippen molar-refractivity contribution in [1.29, 1.82) is 0 Å². The first-order valence-electron chi connectivity index (χ1n) is 9.64. The number of aromatic amines is 1. The highest BCUT2D eigenvalue weighted by atomic mass is 16.5. The lowest BCUT2D eigenvalue weighted by molar-refractivity contribution is -0.143. The Morgan fingerprint density at radius 3 is 3.00 bits per heavy atom. The molecule has 1 fully saturated rings. The summed E-state index contributed by atoms with van der Waals surface area (Å²) in [5, 5.41) is 1.39. The Labute approximate surface area is 149 Å². The zero-order chi connectivity index (χ0) is 17.4. The molecular weight excluding hydrogens is 312 g/mol. The fourth-order valence-electron chi connectivity index (χ4n) is 4.88. The number of hydrogen-bond donors (Lipinski definition) is 1. The first-order valence-corrected chi connectivity index (χ1v) is 9.64. The quantitative estimate of drug-likeness (QED) is 0.854. The Morgan fingerprint density at radius 2 is 2.20 bits per heavy atom. The van der Waals surface area contributed by atoms with Gasteiger partial charge in [-0.1, -0.05) is 25.1 Å². The zero-order valence-corrected chi connectivity index (χ0v) is 15.3. The molecule has 1 N–H and O–H groups in total. The van der Waals surface area contributed by atoms with E-state index in [4.69, 9.17) is 4.74 Å². The molecule has 2 aliphatic rings. The van der Waals surface area contributed by atoms with Crippen molar-refractivity contribution in [2.24, 2.45) is 11.8 Å². The van der Waals surface area contributed by atoms with E-state index < -0.39 is 0 Å². The molecule has 25 heavy (non-hydrogen) atoms. The minimum Gasteiger partial charge on any atom is -0.466 e. The van der Waals surface area contributed by atoms with E-state index in [0.717, 1.165) is 25.9 Å². The third-order valence-electron chi connectivity index (χ3n) is 6.27. The minimum absolute atomic E-state index is 0.161. The number of rotatable bonds is 4. The number of nitrogens with one attached hydrogen (secondary N) is 1. The number of piperidine rings is 1. The maximum absolute atomic E-state index is 11.2. The number of benzene rings is 1. The second-order valence-electron chi connectivity index (χ2n) is 7.62. The summed E-state index contributed by atoms with van der Waals surface area (Å²) < 4.78 is 5.34. The van der Waals surface area contributed by atoms with Crippen molar-refractivity contribution in [3.05, 3.63) is 35.5 Å². The van der Waals surface area contributed by atoms with Crippen LogP contribution in [0.25, 0.3) is 10.9 Å². The monoisotopic (exact) mass is 340 g/mol. The molecule has 1 aromatic heterocycles. The van der Waals surface area contributed by atoms with Crippen LogP contribution in [0.2, 0.25) is 0 Å². The second kappa shape index (κ2) is 6.83. The predicted molar refractivity (Wildman–Crippen MR) is 99.5 cm³/mol. The van der Waals surface area contributed by atoms with Gasteiger partial charge in [0.05, 0.1) is 12.6 Å². The van der Waals surface area contributed by atoms with Crippen LogP contribution in [0.3, 0.4) is 0 Å². The lowest BCUT2D eigenvalue weighted by Gasteiger charge is -2.44. The molecule has 0 bridgehead atoms. The van der Waals surface area contributed by atoms with Crippen LogP contribution in [-0.2, 0) is 16.0 Å². The van der Waals surface area contributed by atoms with Crippen LogP contribution >= 0.6 is 0 Å².